The molecule has 138 valence electrons. The molecule has 26 heavy (non-hydrogen) atoms. The van der Waals surface area contributed by atoms with Gasteiger partial charge in [0.15, 0.2) is 0 Å². The molecule has 1 atom stereocenters. The van der Waals surface area contributed by atoms with Gasteiger partial charge in [-0.1, -0.05) is 41.9 Å². The normalized spacial score (nSPS) is 17.4. The van der Waals surface area contributed by atoms with Crippen molar-refractivity contribution >= 4 is 17.5 Å². The van der Waals surface area contributed by atoms with Crippen LogP contribution in [0.4, 0.5) is 0 Å². The third-order valence-electron chi connectivity index (χ3n) is 5.05. The van der Waals surface area contributed by atoms with Crippen molar-refractivity contribution in [2.75, 3.05) is 26.2 Å². The third kappa shape index (κ3) is 4.00. The summed E-state index contributed by atoms with van der Waals surface area (Å²) in [7, 11) is 0. The molecule has 0 radical (unpaired) electrons. The Kier molecular flexibility index (Phi) is 5.79. The number of likely N-dealkylation sites (tertiary alicyclic amines) is 1. The first-order valence-corrected chi connectivity index (χ1v) is 9.29. The van der Waals surface area contributed by atoms with E-state index in [-0.39, 0.29) is 11.5 Å². The largest absolute Gasteiger partial charge is 0.351 e. The number of H-pyrrole nitrogens is 1. The average Bonchev–Trinajstić information content (AvgIpc) is 3.09. The predicted octanol–water partition coefficient (Wildman–Crippen LogP) is 2.86. The predicted molar refractivity (Wildman–Crippen MR) is 104 cm³/mol. The smallest absolute Gasteiger partial charge is 0.261 e. The van der Waals surface area contributed by atoms with E-state index in [2.05, 4.69) is 39.5 Å². The molecule has 1 aromatic carbocycles. The van der Waals surface area contributed by atoms with Crippen LogP contribution in [0.1, 0.15) is 39.5 Å². The maximum absolute atomic E-state index is 12.4. The molecular formula is C20H24ClN3O2. The number of nitrogens with one attached hydrogen (secondary N) is 2. The van der Waals surface area contributed by atoms with Crippen LogP contribution in [0, 0.1) is 13.8 Å². The lowest BCUT2D eigenvalue weighted by atomic mass is 9.99. The molecule has 1 aliphatic heterocycles. The molecule has 5 nitrogen and oxygen atoms in total. The van der Waals surface area contributed by atoms with Gasteiger partial charge in [0.25, 0.3) is 11.5 Å². The van der Waals surface area contributed by atoms with Crippen LogP contribution < -0.4 is 10.9 Å². The van der Waals surface area contributed by atoms with E-state index in [1.54, 1.807) is 13.8 Å². The number of aryl methyl sites for hydroxylation is 1. The Bertz CT molecular complexity index is 848. The molecular weight excluding hydrogens is 350 g/mol. The summed E-state index contributed by atoms with van der Waals surface area (Å²) in [6.45, 7) is 6.71. The minimum absolute atomic E-state index is 0.101. The molecule has 0 unspecified atom stereocenters. The molecule has 1 fully saturated rings. The van der Waals surface area contributed by atoms with Crippen molar-refractivity contribution in [1.29, 1.82) is 0 Å². The molecule has 2 aromatic rings. The molecule has 1 aliphatic rings. The van der Waals surface area contributed by atoms with Gasteiger partial charge in [0.1, 0.15) is 5.56 Å². The number of hydrogen-bond donors (Lipinski definition) is 2. The highest BCUT2D eigenvalue weighted by Gasteiger charge is 2.23. The first-order chi connectivity index (χ1) is 12.5. The molecule has 3 rings (SSSR count). The Balaban J connectivity index is 1.54. The van der Waals surface area contributed by atoms with Gasteiger partial charge in [-0.3, -0.25) is 9.59 Å². The lowest BCUT2D eigenvalue weighted by Crippen LogP contribution is -2.36. The summed E-state index contributed by atoms with van der Waals surface area (Å²) < 4.78 is 0. The van der Waals surface area contributed by atoms with Gasteiger partial charge in [0.05, 0.1) is 5.02 Å². The minimum Gasteiger partial charge on any atom is -0.351 e. The number of benzene rings is 1. The van der Waals surface area contributed by atoms with Crippen LogP contribution in [-0.4, -0.2) is 42.0 Å². The monoisotopic (exact) mass is 373 g/mol. The van der Waals surface area contributed by atoms with Crippen molar-refractivity contribution in [3.05, 3.63) is 68.1 Å². The first-order valence-electron chi connectivity index (χ1n) is 8.92. The van der Waals surface area contributed by atoms with Crippen LogP contribution in [0.2, 0.25) is 5.02 Å². The second-order valence-corrected chi connectivity index (χ2v) is 7.22. The maximum atomic E-state index is 12.4. The average molecular weight is 374 g/mol. The third-order valence-corrected chi connectivity index (χ3v) is 5.61. The Morgan fingerprint density at radius 2 is 2.04 bits per heavy atom. The van der Waals surface area contributed by atoms with E-state index in [4.69, 9.17) is 11.6 Å². The van der Waals surface area contributed by atoms with Crippen molar-refractivity contribution in [1.82, 2.24) is 15.2 Å². The summed E-state index contributed by atoms with van der Waals surface area (Å²) in [6.07, 6.45) is 1.13. The van der Waals surface area contributed by atoms with Crippen LogP contribution >= 0.6 is 11.6 Å². The molecule has 6 heteroatoms. The fraction of sp³-hybridized carbons (Fsp3) is 0.400. The molecule has 0 spiro atoms. The number of rotatable bonds is 5. The van der Waals surface area contributed by atoms with E-state index in [0.29, 0.717) is 28.7 Å². The fourth-order valence-corrected chi connectivity index (χ4v) is 3.71. The van der Waals surface area contributed by atoms with Crippen molar-refractivity contribution < 1.29 is 4.79 Å². The number of aromatic nitrogens is 1. The van der Waals surface area contributed by atoms with Gasteiger partial charge in [-0.25, -0.2) is 0 Å². The van der Waals surface area contributed by atoms with Gasteiger partial charge in [-0.2, -0.15) is 0 Å². The van der Waals surface area contributed by atoms with E-state index in [1.807, 2.05) is 6.07 Å². The van der Waals surface area contributed by atoms with E-state index < -0.39 is 5.56 Å². The zero-order valence-electron chi connectivity index (χ0n) is 15.1. The molecule has 0 saturated carbocycles. The summed E-state index contributed by atoms with van der Waals surface area (Å²) in [6, 6.07) is 10.5. The highest BCUT2D eigenvalue weighted by molar-refractivity contribution is 6.32. The number of carbonyl (C=O) groups is 1. The number of pyridine rings is 1. The highest BCUT2D eigenvalue weighted by atomic mass is 35.5. The number of hydrogen-bond acceptors (Lipinski definition) is 3. The molecule has 0 bridgehead atoms. The Hall–Kier alpha value is -2.11. The van der Waals surface area contributed by atoms with Gasteiger partial charge in [0, 0.05) is 25.3 Å². The van der Waals surface area contributed by atoms with Crippen LogP contribution in [0.5, 0.6) is 0 Å². The van der Waals surface area contributed by atoms with Gasteiger partial charge in [0.2, 0.25) is 0 Å². The van der Waals surface area contributed by atoms with E-state index >= 15 is 0 Å². The van der Waals surface area contributed by atoms with Gasteiger partial charge < -0.3 is 15.2 Å². The number of halogens is 1. The Morgan fingerprint density at radius 3 is 2.77 bits per heavy atom. The summed E-state index contributed by atoms with van der Waals surface area (Å²) in [5, 5.41) is 3.28. The fourth-order valence-electron chi connectivity index (χ4n) is 3.57. The van der Waals surface area contributed by atoms with E-state index in [9.17, 15) is 9.59 Å². The van der Waals surface area contributed by atoms with Crippen LogP contribution in [-0.2, 0) is 0 Å². The quantitative estimate of drug-likeness (QED) is 0.847. The number of aromatic amines is 1. The van der Waals surface area contributed by atoms with Crippen LogP contribution in [0.3, 0.4) is 0 Å². The summed E-state index contributed by atoms with van der Waals surface area (Å²) >= 11 is 6.15. The zero-order chi connectivity index (χ0) is 18.7. The summed E-state index contributed by atoms with van der Waals surface area (Å²) in [5.74, 6) is 0.178. The van der Waals surface area contributed by atoms with Gasteiger partial charge >= 0.3 is 0 Å². The lowest BCUT2D eigenvalue weighted by molar-refractivity contribution is 0.0947. The SMILES string of the molecule is Cc1[nH]c(=O)c(C(=O)NCCN2CC[C@@H](c3ccccc3)C2)c(C)c1Cl. The summed E-state index contributed by atoms with van der Waals surface area (Å²) in [4.78, 5) is 29.5. The highest BCUT2D eigenvalue weighted by Crippen LogP contribution is 2.26. The van der Waals surface area contributed by atoms with Gasteiger partial charge in [-0.15, -0.1) is 0 Å². The van der Waals surface area contributed by atoms with Crippen LogP contribution in [0.15, 0.2) is 35.1 Å². The zero-order valence-corrected chi connectivity index (χ0v) is 15.9. The minimum atomic E-state index is -0.396. The van der Waals surface area contributed by atoms with Crippen LogP contribution in [0.25, 0.3) is 0 Å². The molecule has 0 aliphatic carbocycles. The van der Waals surface area contributed by atoms with Gasteiger partial charge in [-0.05, 0) is 43.9 Å². The van der Waals surface area contributed by atoms with Crippen molar-refractivity contribution in [3.63, 3.8) is 0 Å². The molecule has 1 aromatic heterocycles. The second kappa shape index (κ2) is 8.06. The van der Waals surface area contributed by atoms with E-state index in [1.165, 1.54) is 5.56 Å². The number of carbonyl (C=O) groups excluding carboxylic acids is 1. The van der Waals surface area contributed by atoms with Crippen molar-refractivity contribution in [3.8, 4) is 0 Å². The van der Waals surface area contributed by atoms with Crippen molar-refractivity contribution in [2.45, 2.75) is 26.2 Å². The first kappa shape index (κ1) is 18.7. The molecule has 1 amide bonds. The summed E-state index contributed by atoms with van der Waals surface area (Å²) in [5.41, 5.74) is 2.18. The molecule has 1 saturated heterocycles. The topological polar surface area (TPSA) is 65.2 Å². The Labute approximate surface area is 158 Å². The molecule has 2 N–H and O–H groups in total. The standard InChI is InChI=1S/C20H24ClN3O2/c1-13-17(20(26)23-14(2)18(13)21)19(25)22-9-11-24-10-8-16(12-24)15-6-4-3-5-7-15/h3-7,16H,8-12H2,1-2H3,(H,22,25)(H,23,26)/t16-/m1/s1. The second-order valence-electron chi connectivity index (χ2n) is 6.85. The lowest BCUT2D eigenvalue weighted by Gasteiger charge is -2.17. The Morgan fingerprint density at radius 1 is 1.31 bits per heavy atom. The van der Waals surface area contributed by atoms with Crippen molar-refractivity contribution in [2.24, 2.45) is 0 Å². The molecule has 2 heterocycles. The number of nitrogens with zero attached hydrogens (tertiary/aromatic N) is 1. The maximum Gasteiger partial charge on any atom is 0.261 e. The number of amides is 1. The van der Waals surface area contributed by atoms with E-state index in [0.717, 1.165) is 26.1 Å².